The second kappa shape index (κ2) is 3.56. The predicted molar refractivity (Wildman–Crippen MR) is 45.9 cm³/mol. The maximum absolute atomic E-state index is 11.5. The fourth-order valence-corrected chi connectivity index (χ4v) is 1.93. The Morgan fingerprint density at radius 1 is 1.33 bits per heavy atom. The molecule has 0 aromatic carbocycles. The third-order valence-corrected chi connectivity index (χ3v) is 3.07. The smallest absolute Gasteiger partial charge is 0.136 e. The first-order valence-corrected chi connectivity index (χ1v) is 4.96. The van der Waals surface area contributed by atoms with Crippen molar-refractivity contribution < 1.29 is 9.53 Å². The molecule has 1 aliphatic heterocycles. The summed E-state index contributed by atoms with van der Waals surface area (Å²) in [6.07, 6.45) is 5.43. The quantitative estimate of drug-likeness (QED) is 0.642. The number of carbonyl (C=O) groups excluding carboxylic acids is 1. The van der Waals surface area contributed by atoms with E-state index >= 15 is 0 Å². The fourth-order valence-electron chi connectivity index (χ4n) is 1.93. The Hall–Kier alpha value is -0.370. The molecule has 0 bridgehead atoms. The van der Waals surface area contributed by atoms with Gasteiger partial charge in [-0.1, -0.05) is 6.42 Å². The van der Waals surface area contributed by atoms with Gasteiger partial charge in [-0.25, -0.2) is 0 Å². The van der Waals surface area contributed by atoms with Gasteiger partial charge in [-0.2, -0.15) is 0 Å². The number of rotatable bonds is 3. The molecule has 0 aromatic heterocycles. The second-order valence-corrected chi connectivity index (χ2v) is 4.03. The largest absolute Gasteiger partial charge is 0.381 e. The summed E-state index contributed by atoms with van der Waals surface area (Å²) in [5.41, 5.74) is 0. The summed E-state index contributed by atoms with van der Waals surface area (Å²) < 4.78 is 5.24. The van der Waals surface area contributed by atoms with Crippen LogP contribution in [-0.4, -0.2) is 19.0 Å². The molecule has 1 saturated carbocycles. The molecular formula is C10H16O2. The van der Waals surface area contributed by atoms with Crippen LogP contribution in [-0.2, 0) is 9.53 Å². The van der Waals surface area contributed by atoms with Gasteiger partial charge in [-0.05, 0) is 25.2 Å². The van der Waals surface area contributed by atoms with Crippen molar-refractivity contribution in [1.82, 2.24) is 0 Å². The highest BCUT2D eigenvalue weighted by atomic mass is 16.5. The molecule has 2 rings (SSSR count). The predicted octanol–water partition coefficient (Wildman–Crippen LogP) is 1.78. The van der Waals surface area contributed by atoms with Crippen LogP contribution in [0.1, 0.15) is 32.1 Å². The second-order valence-electron chi connectivity index (χ2n) is 4.03. The molecule has 2 nitrogen and oxygen atoms in total. The maximum Gasteiger partial charge on any atom is 0.136 e. The minimum atomic E-state index is 0.422. The summed E-state index contributed by atoms with van der Waals surface area (Å²) in [7, 11) is 0. The van der Waals surface area contributed by atoms with Crippen LogP contribution in [0.15, 0.2) is 0 Å². The van der Waals surface area contributed by atoms with Crippen molar-refractivity contribution in [2.24, 2.45) is 11.8 Å². The Labute approximate surface area is 73.3 Å². The van der Waals surface area contributed by atoms with E-state index in [0.29, 0.717) is 17.6 Å². The summed E-state index contributed by atoms with van der Waals surface area (Å²) in [5, 5.41) is 0. The van der Waals surface area contributed by atoms with Crippen molar-refractivity contribution in [3.8, 4) is 0 Å². The maximum atomic E-state index is 11.5. The van der Waals surface area contributed by atoms with Crippen molar-refractivity contribution in [3.05, 3.63) is 0 Å². The van der Waals surface area contributed by atoms with Gasteiger partial charge in [0.2, 0.25) is 0 Å². The van der Waals surface area contributed by atoms with Gasteiger partial charge in [-0.15, -0.1) is 0 Å². The summed E-state index contributed by atoms with van der Waals surface area (Å²) in [5.74, 6) is 1.46. The Kier molecular flexibility index (Phi) is 2.45. The number of ketones is 1. The highest BCUT2D eigenvalue weighted by Crippen LogP contribution is 2.30. The number of hydrogen-bond donors (Lipinski definition) is 0. The van der Waals surface area contributed by atoms with Gasteiger partial charge in [0.05, 0.1) is 0 Å². The van der Waals surface area contributed by atoms with Crippen molar-refractivity contribution >= 4 is 5.78 Å². The lowest BCUT2D eigenvalue weighted by Gasteiger charge is -2.24. The lowest BCUT2D eigenvalue weighted by atomic mass is 9.79. The van der Waals surface area contributed by atoms with E-state index in [1.165, 1.54) is 6.42 Å². The summed E-state index contributed by atoms with van der Waals surface area (Å²) in [6, 6.07) is 0. The summed E-state index contributed by atoms with van der Waals surface area (Å²) >= 11 is 0. The van der Waals surface area contributed by atoms with Crippen molar-refractivity contribution in [3.63, 3.8) is 0 Å². The van der Waals surface area contributed by atoms with Crippen molar-refractivity contribution in [1.29, 1.82) is 0 Å². The topological polar surface area (TPSA) is 26.3 Å². The molecule has 1 unspecified atom stereocenters. The zero-order chi connectivity index (χ0) is 8.39. The molecular weight excluding hydrogens is 152 g/mol. The van der Waals surface area contributed by atoms with E-state index in [2.05, 4.69) is 0 Å². The Balaban J connectivity index is 1.73. The summed E-state index contributed by atoms with van der Waals surface area (Å²) in [4.78, 5) is 11.5. The van der Waals surface area contributed by atoms with E-state index in [-0.39, 0.29) is 0 Å². The van der Waals surface area contributed by atoms with Crippen LogP contribution >= 0.6 is 0 Å². The van der Waals surface area contributed by atoms with Crippen LogP contribution in [0.5, 0.6) is 0 Å². The number of carbonyl (C=O) groups is 1. The Morgan fingerprint density at radius 3 is 2.67 bits per heavy atom. The van der Waals surface area contributed by atoms with Gasteiger partial charge in [0.25, 0.3) is 0 Å². The first-order valence-electron chi connectivity index (χ1n) is 4.96. The highest BCUT2D eigenvalue weighted by Gasteiger charge is 2.28. The van der Waals surface area contributed by atoms with E-state index in [1.54, 1.807) is 0 Å². The highest BCUT2D eigenvalue weighted by molar-refractivity contribution is 5.81. The molecule has 0 N–H and O–H groups in total. The molecule has 0 amide bonds. The molecule has 1 heterocycles. The molecule has 2 fully saturated rings. The zero-order valence-corrected chi connectivity index (χ0v) is 7.42. The minimum Gasteiger partial charge on any atom is -0.381 e. The molecule has 12 heavy (non-hydrogen) atoms. The molecule has 0 spiro atoms. The lowest BCUT2D eigenvalue weighted by Crippen LogP contribution is -2.24. The van der Waals surface area contributed by atoms with E-state index in [4.69, 9.17) is 4.74 Å². The first kappa shape index (κ1) is 8.24. The molecule has 1 atom stereocenters. The zero-order valence-electron chi connectivity index (χ0n) is 7.42. The molecule has 68 valence electrons. The van der Waals surface area contributed by atoms with Gasteiger partial charge in [0.1, 0.15) is 5.78 Å². The molecule has 0 radical (unpaired) electrons. The van der Waals surface area contributed by atoms with Crippen LogP contribution in [0.25, 0.3) is 0 Å². The summed E-state index contributed by atoms with van der Waals surface area (Å²) in [6.45, 7) is 1.68. The lowest BCUT2D eigenvalue weighted by molar-refractivity contribution is -0.126. The molecule has 2 aliphatic rings. The number of ether oxygens (including phenoxy) is 1. The number of hydrogen-bond acceptors (Lipinski definition) is 2. The van der Waals surface area contributed by atoms with Crippen LogP contribution < -0.4 is 0 Å². The Bertz CT molecular complexity index is 167. The monoisotopic (exact) mass is 168 g/mol. The normalized spacial score (nSPS) is 30.2. The van der Waals surface area contributed by atoms with E-state index in [9.17, 15) is 4.79 Å². The average Bonchev–Trinajstić information content (AvgIpc) is 2.34. The van der Waals surface area contributed by atoms with Gasteiger partial charge in [-0.3, -0.25) is 4.79 Å². The van der Waals surface area contributed by atoms with Gasteiger partial charge in [0.15, 0.2) is 0 Å². The fraction of sp³-hybridized carbons (Fsp3) is 0.900. The molecule has 2 heteroatoms. The van der Waals surface area contributed by atoms with Crippen LogP contribution in [0, 0.1) is 11.8 Å². The van der Waals surface area contributed by atoms with Gasteiger partial charge >= 0.3 is 0 Å². The van der Waals surface area contributed by atoms with Crippen LogP contribution in [0.3, 0.4) is 0 Å². The molecule has 0 aromatic rings. The van der Waals surface area contributed by atoms with Gasteiger partial charge < -0.3 is 4.74 Å². The van der Waals surface area contributed by atoms with Crippen LogP contribution in [0.2, 0.25) is 0 Å². The van der Waals surface area contributed by atoms with E-state index in [0.717, 1.165) is 38.9 Å². The number of Topliss-reactive ketones (excluding diaryl/α,β-unsaturated/α-hetero) is 1. The average molecular weight is 168 g/mol. The first-order chi connectivity index (χ1) is 5.86. The van der Waals surface area contributed by atoms with Crippen LogP contribution in [0.4, 0.5) is 0 Å². The Morgan fingerprint density at radius 2 is 2.17 bits per heavy atom. The minimum absolute atomic E-state index is 0.422. The van der Waals surface area contributed by atoms with Crippen molar-refractivity contribution in [2.75, 3.05) is 13.2 Å². The van der Waals surface area contributed by atoms with E-state index in [1.807, 2.05) is 0 Å². The third kappa shape index (κ3) is 1.69. The van der Waals surface area contributed by atoms with Crippen molar-refractivity contribution in [2.45, 2.75) is 32.1 Å². The molecule has 1 saturated heterocycles. The SMILES string of the molecule is O=C(CC1CCOC1)C1CCC1. The standard InChI is InChI=1S/C10H16O2/c11-10(9-2-1-3-9)6-8-4-5-12-7-8/h8-9H,1-7H2. The van der Waals surface area contributed by atoms with E-state index < -0.39 is 0 Å². The third-order valence-electron chi connectivity index (χ3n) is 3.07. The molecule has 1 aliphatic carbocycles. The van der Waals surface area contributed by atoms with Gasteiger partial charge in [0, 0.05) is 25.6 Å².